The van der Waals surface area contributed by atoms with Gasteiger partial charge >= 0.3 is 0 Å². The zero-order valence-electron chi connectivity index (χ0n) is 16.4. The molecule has 0 aliphatic heterocycles. The molecule has 29 heavy (non-hydrogen) atoms. The molecule has 0 saturated heterocycles. The van der Waals surface area contributed by atoms with Crippen molar-refractivity contribution in [3.8, 4) is 0 Å². The second-order valence-corrected chi connectivity index (χ2v) is 8.41. The van der Waals surface area contributed by atoms with Gasteiger partial charge in [0.25, 0.3) is 5.91 Å². The third-order valence-corrected chi connectivity index (χ3v) is 4.83. The number of nitrogens with two attached hydrogens (primary N) is 1. The lowest BCUT2D eigenvalue weighted by Gasteiger charge is -2.28. The van der Waals surface area contributed by atoms with E-state index in [2.05, 4.69) is 10.4 Å². The first-order valence-electron chi connectivity index (χ1n) is 9.07. The third-order valence-electron chi connectivity index (χ3n) is 4.60. The number of primary amides is 1. The highest BCUT2D eigenvalue weighted by Crippen LogP contribution is 2.25. The fourth-order valence-electron chi connectivity index (χ4n) is 3.12. The Morgan fingerprint density at radius 1 is 1.21 bits per heavy atom. The number of rotatable bonds is 5. The lowest BCUT2D eigenvalue weighted by atomic mass is 9.86. The first kappa shape index (κ1) is 20.8. The fourth-order valence-corrected chi connectivity index (χ4v) is 3.29. The van der Waals surface area contributed by atoms with Crippen LogP contribution in [0.2, 0.25) is 5.02 Å². The summed E-state index contributed by atoms with van der Waals surface area (Å²) in [5, 5.41) is 8.13. The van der Waals surface area contributed by atoms with Gasteiger partial charge in [-0.15, -0.1) is 0 Å². The van der Waals surface area contributed by atoms with Crippen LogP contribution in [0.25, 0.3) is 10.9 Å². The van der Waals surface area contributed by atoms with Crippen LogP contribution < -0.4 is 11.1 Å². The molecule has 2 aromatic carbocycles. The number of nitrogens with one attached hydrogen (secondary N) is 1. The van der Waals surface area contributed by atoms with Gasteiger partial charge in [-0.2, -0.15) is 5.10 Å². The van der Waals surface area contributed by atoms with Crippen LogP contribution in [0.3, 0.4) is 0 Å². The number of benzene rings is 2. The van der Waals surface area contributed by atoms with Gasteiger partial charge in [-0.3, -0.25) is 14.3 Å². The van der Waals surface area contributed by atoms with Crippen molar-refractivity contribution in [2.24, 2.45) is 11.1 Å². The second kappa shape index (κ2) is 7.83. The van der Waals surface area contributed by atoms with Crippen molar-refractivity contribution in [3.05, 3.63) is 64.6 Å². The topological polar surface area (TPSA) is 90.0 Å². The predicted molar refractivity (Wildman–Crippen MR) is 110 cm³/mol. The van der Waals surface area contributed by atoms with Gasteiger partial charge in [-0.05, 0) is 41.3 Å². The van der Waals surface area contributed by atoms with Gasteiger partial charge in [0.05, 0.1) is 12.1 Å². The quantitative estimate of drug-likeness (QED) is 0.666. The monoisotopic (exact) mass is 416 g/mol. The Balaban J connectivity index is 2.01. The average Bonchev–Trinajstić information content (AvgIpc) is 2.97. The van der Waals surface area contributed by atoms with Crippen molar-refractivity contribution in [2.75, 3.05) is 0 Å². The van der Waals surface area contributed by atoms with Crippen molar-refractivity contribution in [2.45, 2.75) is 33.4 Å². The number of aromatic nitrogens is 2. The van der Waals surface area contributed by atoms with E-state index in [9.17, 15) is 14.0 Å². The highest BCUT2D eigenvalue weighted by Gasteiger charge is 2.32. The van der Waals surface area contributed by atoms with Crippen LogP contribution >= 0.6 is 11.6 Å². The number of amides is 2. The number of hydrogen-bond acceptors (Lipinski definition) is 3. The molecular formula is C21H22ClFN4O2. The van der Waals surface area contributed by atoms with E-state index >= 15 is 0 Å². The number of hydrogen-bond donors (Lipinski definition) is 2. The second-order valence-electron chi connectivity index (χ2n) is 7.97. The summed E-state index contributed by atoms with van der Waals surface area (Å²) >= 11 is 6.13. The van der Waals surface area contributed by atoms with Gasteiger partial charge in [0.15, 0.2) is 5.69 Å². The van der Waals surface area contributed by atoms with E-state index in [1.807, 2.05) is 20.8 Å². The summed E-state index contributed by atoms with van der Waals surface area (Å²) < 4.78 is 14.8. The smallest absolute Gasteiger partial charge is 0.273 e. The van der Waals surface area contributed by atoms with Gasteiger partial charge < -0.3 is 11.1 Å². The highest BCUT2D eigenvalue weighted by molar-refractivity contribution is 6.31. The Bertz CT molecular complexity index is 1070. The number of halogens is 2. The summed E-state index contributed by atoms with van der Waals surface area (Å²) in [5.41, 5.74) is 6.56. The molecule has 0 spiro atoms. The van der Waals surface area contributed by atoms with E-state index < -0.39 is 23.3 Å². The summed E-state index contributed by atoms with van der Waals surface area (Å²) in [7, 11) is 0. The van der Waals surface area contributed by atoms with Crippen LogP contribution in [0, 0.1) is 11.2 Å². The van der Waals surface area contributed by atoms with Crippen LogP contribution in [-0.4, -0.2) is 27.6 Å². The lowest BCUT2D eigenvalue weighted by Crippen LogP contribution is -2.52. The van der Waals surface area contributed by atoms with Gasteiger partial charge in [-0.25, -0.2) is 4.39 Å². The Hall–Kier alpha value is -2.93. The minimum atomic E-state index is -0.869. The maximum atomic E-state index is 13.2. The summed E-state index contributed by atoms with van der Waals surface area (Å²) in [6.07, 6.45) is 0. The molecule has 6 nitrogen and oxygen atoms in total. The van der Waals surface area contributed by atoms with Crippen molar-refractivity contribution in [3.63, 3.8) is 0 Å². The van der Waals surface area contributed by atoms with E-state index in [4.69, 9.17) is 17.3 Å². The maximum absolute atomic E-state index is 13.2. The zero-order valence-corrected chi connectivity index (χ0v) is 17.1. The zero-order chi connectivity index (χ0) is 21.3. The molecule has 1 atom stereocenters. The molecular weight excluding hydrogens is 395 g/mol. The van der Waals surface area contributed by atoms with Crippen molar-refractivity contribution < 1.29 is 14.0 Å². The molecule has 2 amide bonds. The molecule has 0 aliphatic rings. The molecule has 3 rings (SSSR count). The normalized spacial score (nSPS) is 12.7. The fraction of sp³-hybridized carbons (Fsp3) is 0.286. The Labute approximate surface area is 172 Å². The van der Waals surface area contributed by atoms with E-state index in [0.29, 0.717) is 22.5 Å². The van der Waals surface area contributed by atoms with Gasteiger partial charge in [0.2, 0.25) is 5.91 Å². The van der Waals surface area contributed by atoms with Gasteiger partial charge in [-0.1, -0.05) is 44.5 Å². The number of fused-ring (bicyclic) bond motifs is 1. The largest absolute Gasteiger partial charge is 0.368 e. The molecule has 0 fully saturated rings. The van der Waals surface area contributed by atoms with Crippen LogP contribution in [-0.2, 0) is 11.3 Å². The van der Waals surface area contributed by atoms with E-state index in [-0.39, 0.29) is 11.5 Å². The Morgan fingerprint density at radius 2 is 1.86 bits per heavy atom. The standard InChI is InChI=1S/C21H22ClFN4O2/c1-21(2,3)18(19(24)28)25-20(29)17-15-10-13(22)6-9-16(15)27(26-17)11-12-4-7-14(23)8-5-12/h4-10,18H,11H2,1-3H3,(H2,24,28)(H,25,29)/t18-/m1/s1. The van der Waals surface area contributed by atoms with Crippen LogP contribution in [0.5, 0.6) is 0 Å². The van der Waals surface area contributed by atoms with Crippen molar-refractivity contribution in [1.29, 1.82) is 0 Å². The van der Waals surface area contributed by atoms with Crippen LogP contribution in [0.1, 0.15) is 36.8 Å². The molecule has 0 unspecified atom stereocenters. The number of carbonyl (C=O) groups excluding carboxylic acids is 2. The molecule has 1 aromatic heterocycles. The molecule has 0 bridgehead atoms. The minimum Gasteiger partial charge on any atom is -0.368 e. The number of carbonyl (C=O) groups is 2. The van der Waals surface area contributed by atoms with Crippen molar-refractivity contribution >= 4 is 34.3 Å². The molecule has 152 valence electrons. The average molecular weight is 417 g/mol. The molecule has 3 N–H and O–H groups in total. The first-order valence-corrected chi connectivity index (χ1v) is 9.45. The molecule has 0 aliphatic carbocycles. The lowest BCUT2D eigenvalue weighted by molar-refractivity contribution is -0.122. The van der Waals surface area contributed by atoms with Gasteiger partial charge in [0.1, 0.15) is 11.9 Å². The predicted octanol–water partition coefficient (Wildman–Crippen LogP) is 3.51. The SMILES string of the molecule is CC(C)(C)[C@H](NC(=O)c1nn(Cc2ccc(F)cc2)c2ccc(Cl)cc12)C(N)=O. The Morgan fingerprint density at radius 3 is 2.45 bits per heavy atom. The Kier molecular flexibility index (Phi) is 5.61. The highest BCUT2D eigenvalue weighted by atomic mass is 35.5. The van der Waals surface area contributed by atoms with E-state index in [0.717, 1.165) is 5.56 Å². The summed E-state index contributed by atoms with van der Waals surface area (Å²) in [4.78, 5) is 24.8. The van der Waals surface area contributed by atoms with Crippen LogP contribution in [0.15, 0.2) is 42.5 Å². The van der Waals surface area contributed by atoms with Crippen molar-refractivity contribution in [1.82, 2.24) is 15.1 Å². The third kappa shape index (κ3) is 4.56. The molecule has 1 heterocycles. The van der Waals surface area contributed by atoms with Crippen LogP contribution in [0.4, 0.5) is 4.39 Å². The molecule has 8 heteroatoms. The molecule has 3 aromatic rings. The minimum absolute atomic E-state index is 0.139. The van der Waals surface area contributed by atoms with Gasteiger partial charge in [0, 0.05) is 10.4 Å². The summed E-state index contributed by atoms with van der Waals surface area (Å²) in [6, 6.07) is 10.3. The molecule has 0 radical (unpaired) electrons. The van der Waals surface area contributed by atoms with E-state index in [1.165, 1.54) is 12.1 Å². The maximum Gasteiger partial charge on any atom is 0.273 e. The number of nitrogens with zero attached hydrogens (tertiary/aromatic N) is 2. The van der Waals surface area contributed by atoms with E-state index in [1.54, 1.807) is 35.0 Å². The summed E-state index contributed by atoms with van der Waals surface area (Å²) in [6.45, 7) is 5.77. The molecule has 0 saturated carbocycles. The first-order chi connectivity index (χ1) is 13.6. The summed E-state index contributed by atoms with van der Waals surface area (Å²) in [5.74, 6) is -1.47.